The molecule has 0 N–H and O–H groups in total. The minimum atomic E-state index is 0.698. The van der Waals surface area contributed by atoms with E-state index in [9.17, 15) is 0 Å². The molecule has 12 heavy (non-hydrogen) atoms. The smallest absolute Gasteiger partial charge is 0.0462 e. The number of nitriles is 1. The molecule has 0 aromatic carbocycles. The highest BCUT2D eigenvalue weighted by atomic mass is 15.1. The Morgan fingerprint density at radius 2 is 1.58 bits per heavy atom. The molecule has 1 fully saturated rings. The lowest BCUT2D eigenvalue weighted by atomic mass is 10.1. The summed E-state index contributed by atoms with van der Waals surface area (Å²) in [7, 11) is 4.28. The Kier molecular flexibility index (Phi) is 8.31. The number of nitrogens with zero attached hydrogens (tertiary/aromatic N) is 2. The van der Waals surface area contributed by atoms with Crippen molar-refractivity contribution in [2.75, 3.05) is 20.6 Å². The van der Waals surface area contributed by atoms with Gasteiger partial charge in [0.05, 0.1) is 0 Å². The van der Waals surface area contributed by atoms with Gasteiger partial charge in [0.15, 0.2) is 0 Å². The molecule has 1 aliphatic rings. The molecule has 0 unspecified atom stereocenters. The Morgan fingerprint density at radius 3 is 1.67 bits per heavy atom. The summed E-state index contributed by atoms with van der Waals surface area (Å²) in [6.07, 6.45) is 2.87. The van der Waals surface area contributed by atoms with E-state index in [4.69, 9.17) is 5.26 Å². The van der Waals surface area contributed by atoms with Crippen molar-refractivity contribution >= 4 is 0 Å². The van der Waals surface area contributed by atoms with Gasteiger partial charge in [-0.1, -0.05) is 20.8 Å². The van der Waals surface area contributed by atoms with Crippen LogP contribution in [0.15, 0.2) is 0 Å². The maximum atomic E-state index is 6.50. The van der Waals surface area contributed by atoms with Crippen LogP contribution >= 0.6 is 0 Å². The summed E-state index contributed by atoms with van der Waals surface area (Å²) >= 11 is 0. The molecule has 0 spiro atoms. The average molecular weight is 170 g/mol. The van der Waals surface area contributed by atoms with Crippen LogP contribution in [0, 0.1) is 17.2 Å². The van der Waals surface area contributed by atoms with Gasteiger partial charge in [-0.3, -0.25) is 0 Å². The van der Waals surface area contributed by atoms with Gasteiger partial charge in [0, 0.05) is 13.1 Å². The Hall–Kier alpha value is -0.550. The fourth-order valence-electron chi connectivity index (χ4n) is 1.13. The second kappa shape index (κ2) is 7.12. The molecule has 2 heteroatoms. The first-order valence-corrected chi connectivity index (χ1v) is 4.53. The highest BCUT2D eigenvalue weighted by Gasteiger charge is 2.37. The predicted molar refractivity (Wildman–Crippen MR) is 53.9 cm³/mol. The van der Waals surface area contributed by atoms with Crippen LogP contribution in [0.1, 0.15) is 33.6 Å². The molecule has 0 radical (unpaired) electrons. The first-order valence-electron chi connectivity index (χ1n) is 4.53. The van der Waals surface area contributed by atoms with Crippen molar-refractivity contribution in [2.24, 2.45) is 5.41 Å². The quantitative estimate of drug-likeness (QED) is 0.636. The second-order valence-corrected chi connectivity index (χ2v) is 3.55. The number of rotatable bonds is 2. The fourth-order valence-corrected chi connectivity index (χ4v) is 1.13. The molecule has 2 nitrogen and oxygen atoms in total. The summed E-state index contributed by atoms with van der Waals surface area (Å²) < 4.78 is 0. The Bertz CT molecular complexity index is 112. The average Bonchev–Trinajstić information content (AvgIpc) is 2.74. The van der Waals surface area contributed by atoms with Crippen LogP contribution in [0.4, 0.5) is 0 Å². The van der Waals surface area contributed by atoms with E-state index >= 15 is 0 Å². The largest absolute Gasteiger partial charge is 0.309 e. The van der Waals surface area contributed by atoms with Crippen molar-refractivity contribution in [1.29, 1.82) is 5.26 Å². The zero-order chi connectivity index (χ0) is 10.2. The van der Waals surface area contributed by atoms with Crippen LogP contribution in [0.25, 0.3) is 0 Å². The predicted octanol–water partition coefficient (Wildman–Crippen LogP) is 2.51. The maximum Gasteiger partial charge on any atom is 0.0462 e. The summed E-state index contributed by atoms with van der Waals surface area (Å²) in [6.45, 7) is 11.1. The molecule has 0 atom stereocenters. The van der Waals surface area contributed by atoms with Crippen molar-refractivity contribution in [3.05, 3.63) is 0 Å². The highest BCUT2D eigenvalue weighted by molar-refractivity contribution is 4.89. The summed E-state index contributed by atoms with van der Waals surface area (Å²) in [5.41, 5.74) is 0.698. The van der Waals surface area contributed by atoms with Crippen LogP contribution in [0.3, 0.4) is 0 Å². The summed E-state index contributed by atoms with van der Waals surface area (Å²) in [6, 6.07) is 0. The molecular weight excluding hydrogens is 148 g/mol. The lowest BCUT2D eigenvalue weighted by Crippen LogP contribution is -2.20. The van der Waals surface area contributed by atoms with Crippen molar-refractivity contribution in [3.63, 3.8) is 0 Å². The molecular formula is C10H22N2. The van der Waals surface area contributed by atoms with Gasteiger partial charge in [-0.25, -0.2) is 5.26 Å². The van der Waals surface area contributed by atoms with E-state index in [1.54, 1.807) is 0 Å². The van der Waals surface area contributed by atoms with E-state index < -0.39 is 0 Å². The highest BCUT2D eigenvalue weighted by Crippen LogP contribution is 2.44. The molecule has 0 bridgehead atoms. The zero-order valence-electron chi connectivity index (χ0n) is 9.09. The lowest BCUT2D eigenvalue weighted by molar-refractivity contribution is 0.326. The summed E-state index contributed by atoms with van der Waals surface area (Å²) in [5.74, 6) is 0. The monoisotopic (exact) mass is 170 g/mol. The first kappa shape index (κ1) is 14.0. The Balaban J connectivity index is 0. The van der Waals surface area contributed by atoms with Crippen molar-refractivity contribution in [1.82, 2.24) is 4.90 Å². The molecule has 0 aromatic rings. The molecule has 0 heterocycles. The summed E-state index contributed by atoms with van der Waals surface area (Å²) in [4.78, 5) is 2.27. The third kappa shape index (κ3) is 7.56. The van der Waals surface area contributed by atoms with E-state index in [1.165, 1.54) is 19.4 Å². The Morgan fingerprint density at radius 1 is 1.25 bits per heavy atom. The van der Waals surface area contributed by atoms with Gasteiger partial charge in [0.2, 0.25) is 0 Å². The van der Waals surface area contributed by atoms with E-state index in [1.807, 2.05) is 13.8 Å². The molecule has 1 rings (SSSR count). The van der Waals surface area contributed by atoms with Gasteiger partial charge in [0.1, 0.15) is 0 Å². The van der Waals surface area contributed by atoms with Gasteiger partial charge in [-0.2, -0.15) is 0 Å². The van der Waals surface area contributed by atoms with E-state index in [-0.39, 0.29) is 0 Å². The van der Waals surface area contributed by atoms with Gasteiger partial charge >= 0.3 is 0 Å². The fraction of sp³-hybridized carbons (Fsp3) is 0.900. The Labute approximate surface area is 77.2 Å². The van der Waals surface area contributed by atoms with Gasteiger partial charge in [-0.15, -0.1) is 0 Å². The van der Waals surface area contributed by atoms with Crippen molar-refractivity contribution in [3.8, 4) is 6.57 Å². The SMILES string of the molecule is C#N.CC.CN(C)CC1(C)CC1. The third-order valence-electron chi connectivity index (χ3n) is 1.80. The second-order valence-electron chi connectivity index (χ2n) is 3.55. The standard InChI is InChI=1S/C7H15N.C2H6.CHN/c1-7(4-5-7)6-8(2)3;2*1-2/h4-6H2,1-3H3;1-2H3;1H. The van der Waals surface area contributed by atoms with Crippen LogP contribution in [-0.4, -0.2) is 25.5 Å². The van der Waals surface area contributed by atoms with Crippen molar-refractivity contribution in [2.45, 2.75) is 33.6 Å². The molecule has 72 valence electrons. The maximum absolute atomic E-state index is 6.50. The van der Waals surface area contributed by atoms with E-state index in [0.29, 0.717) is 5.41 Å². The van der Waals surface area contributed by atoms with Crippen LogP contribution < -0.4 is 0 Å². The van der Waals surface area contributed by atoms with Gasteiger partial charge in [-0.05, 0) is 32.4 Å². The van der Waals surface area contributed by atoms with E-state index in [0.717, 1.165) is 0 Å². The summed E-state index contributed by atoms with van der Waals surface area (Å²) in [5, 5.41) is 6.50. The third-order valence-corrected chi connectivity index (χ3v) is 1.80. The minimum Gasteiger partial charge on any atom is -0.309 e. The van der Waals surface area contributed by atoms with Crippen LogP contribution in [0.2, 0.25) is 0 Å². The molecule has 0 amide bonds. The number of hydrogen-bond donors (Lipinski definition) is 0. The minimum absolute atomic E-state index is 0.698. The number of hydrogen-bond acceptors (Lipinski definition) is 2. The molecule has 0 saturated heterocycles. The van der Waals surface area contributed by atoms with Crippen LogP contribution in [0.5, 0.6) is 0 Å². The molecule has 0 aromatic heterocycles. The van der Waals surface area contributed by atoms with Gasteiger partial charge < -0.3 is 4.90 Å². The lowest BCUT2D eigenvalue weighted by Gasteiger charge is -2.14. The molecule has 0 aliphatic heterocycles. The first-order chi connectivity index (χ1) is 5.62. The normalized spacial score (nSPS) is 16.7. The van der Waals surface area contributed by atoms with Crippen LogP contribution in [-0.2, 0) is 0 Å². The van der Waals surface area contributed by atoms with Crippen molar-refractivity contribution < 1.29 is 0 Å². The molecule has 1 aliphatic carbocycles. The zero-order valence-corrected chi connectivity index (χ0v) is 9.09. The molecule has 1 saturated carbocycles. The van der Waals surface area contributed by atoms with Gasteiger partial charge in [0.25, 0.3) is 0 Å². The van der Waals surface area contributed by atoms with E-state index in [2.05, 4.69) is 32.5 Å². The topological polar surface area (TPSA) is 27.0 Å².